The quantitative estimate of drug-likeness (QED) is 0.578. The zero-order valence-corrected chi connectivity index (χ0v) is 17.3. The predicted molar refractivity (Wildman–Crippen MR) is 113 cm³/mol. The zero-order chi connectivity index (χ0) is 20.9. The highest BCUT2D eigenvalue weighted by Gasteiger charge is 2.41. The first-order valence-electron chi connectivity index (χ1n) is 10.9. The van der Waals surface area contributed by atoms with Crippen LogP contribution in [-0.2, 0) is 11.2 Å². The maximum Gasteiger partial charge on any atom is 0.335 e. The minimum absolute atomic E-state index is 0.0405. The van der Waals surface area contributed by atoms with Gasteiger partial charge in [0.2, 0.25) is 5.91 Å². The van der Waals surface area contributed by atoms with Gasteiger partial charge in [0.25, 0.3) is 0 Å². The van der Waals surface area contributed by atoms with Crippen LogP contribution in [0, 0.1) is 5.41 Å². The fourth-order valence-corrected chi connectivity index (χ4v) is 4.60. The number of benzene rings is 1. The van der Waals surface area contributed by atoms with Crippen molar-refractivity contribution in [2.75, 3.05) is 6.54 Å². The van der Waals surface area contributed by atoms with Crippen LogP contribution in [0.5, 0.6) is 0 Å². The molecule has 0 spiro atoms. The maximum absolute atomic E-state index is 12.4. The van der Waals surface area contributed by atoms with Gasteiger partial charge in [-0.25, -0.2) is 4.79 Å². The molecule has 158 valence electrons. The van der Waals surface area contributed by atoms with Crippen molar-refractivity contribution < 1.29 is 19.8 Å². The Hall–Kier alpha value is -2.14. The monoisotopic (exact) mass is 399 g/mol. The summed E-state index contributed by atoms with van der Waals surface area (Å²) in [5, 5.41) is 19.8. The first kappa shape index (κ1) is 21.6. The predicted octanol–water partition coefficient (Wildman–Crippen LogP) is 4.20. The van der Waals surface area contributed by atoms with Crippen LogP contribution < -0.4 is 0 Å². The highest BCUT2D eigenvalue weighted by Crippen LogP contribution is 2.48. The number of nitrogens with zero attached hydrogens (tertiary/aromatic N) is 1. The van der Waals surface area contributed by atoms with Gasteiger partial charge >= 0.3 is 5.97 Å². The van der Waals surface area contributed by atoms with Crippen molar-refractivity contribution in [3.63, 3.8) is 0 Å². The van der Waals surface area contributed by atoms with E-state index >= 15 is 0 Å². The van der Waals surface area contributed by atoms with Crippen LogP contribution in [0.1, 0.15) is 74.2 Å². The molecular weight excluding hydrogens is 366 g/mol. The summed E-state index contributed by atoms with van der Waals surface area (Å²) in [5.41, 5.74) is 1.34. The van der Waals surface area contributed by atoms with E-state index in [0.29, 0.717) is 19.4 Å². The number of carboxylic acids is 1. The van der Waals surface area contributed by atoms with E-state index in [4.69, 9.17) is 5.11 Å². The molecule has 29 heavy (non-hydrogen) atoms. The van der Waals surface area contributed by atoms with Crippen LogP contribution in [0.3, 0.4) is 0 Å². The second-order valence-corrected chi connectivity index (χ2v) is 8.59. The Morgan fingerprint density at radius 1 is 1.31 bits per heavy atom. The summed E-state index contributed by atoms with van der Waals surface area (Å²) >= 11 is 0. The Morgan fingerprint density at radius 3 is 2.62 bits per heavy atom. The van der Waals surface area contributed by atoms with E-state index in [-0.39, 0.29) is 22.9 Å². The summed E-state index contributed by atoms with van der Waals surface area (Å²) in [5.74, 6) is -0.779. The smallest absolute Gasteiger partial charge is 0.335 e. The van der Waals surface area contributed by atoms with E-state index in [2.05, 4.69) is 6.92 Å². The van der Waals surface area contributed by atoms with Crippen LogP contribution in [0.15, 0.2) is 36.4 Å². The van der Waals surface area contributed by atoms with Gasteiger partial charge in [-0.2, -0.15) is 0 Å². The van der Waals surface area contributed by atoms with Gasteiger partial charge in [-0.1, -0.05) is 50.5 Å². The molecule has 1 amide bonds. The average molecular weight is 400 g/mol. The van der Waals surface area contributed by atoms with Crippen molar-refractivity contribution in [1.29, 1.82) is 0 Å². The van der Waals surface area contributed by atoms with Crippen molar-refractivity contribution in [3.05, 3.63) is 47.5 Å². The first-order chi connectivity index (χ1) is 13.9. The summed E-state index contributed by atoms with van der Waals surface area (Å²) < 4.78 is 0. The third-order valence-electron chi connectivity index (χ3n) is 6.74. The van der Waals surface area contributed by atoms with Gasteiger partial charge in [-0.3, -0.25) is 4.79 Å². The summed E-state index contributed by atoms with van der Waals surface area (Å²) in [7, 11) is 0. The number of carbonyl (C=O) groups is 2. The number of carboxylic acid groups (broad SMARTS) is 1. The van der Waals surface area contributed by atoms with Gasteiger partial charge in [0.15, 0.2) is 0 Å². The lowest BCUT2D eigenvalue weighted by atomic mass is 9.62. The molecule has 2 N–H and O–H groups in total. The number of rotatable bonds is 10. The van der Waals surface area contributed by atoms with E-state index in [9.17, 15) is 14.7 Å². The summed E-state index contributed by atoms with van der Waals surface area (Å²) in [6.45, 7) is 2.79. The van der Waals surface area contributed by atoms with Crippen LogP contribution in [-0.4, -0.2) is 45.7 Å². The van der Waals surface area contributed by atoms with Gasteiger partial charge in [0.05, 0.1) is 17.7 Å². The number of hydrogen-bond donors (Lipinski definition) is 2. The summed E-state index contributed by atoms with van der Waals surface area (Å²) in [6, 6.07) is 6.87. The van der Waals surface area contributed by atoms with E-state index < -0.39 is 12.1 Å². The third kappa shape index (κ3) is 5.08. The number of hydrogen-bond acceptors (Lipinski definition) is 3. The molecule has 1 aromatic rings. The number of amides is 1. The molecule has 2 atom stereocenters. The van der Waals surface area contributed by atoms with Crippen LogP contribution in [0.25, 0.3) is 0 Å². The lowest BCUT2D eigenvalue weighted by molar-refractivity contribution is -0.128. The molecule has 1 saturated heterocycles. The van der Waals surface area contributed by atoms with Gasteiger partial charge in [-0.05, 0) is 55.2 Å². The minimum Gasteiger partial charge on any atom is -0.478 e. The number of carbonyl (C=O) groups excluding carboxylic acids is 1. The molecular formula is C24H33NO4. The topological polar surface area (TPSA) is 77.8 Å². The first-order valence-corrected chi connectivity index (χ1v) is 10.9. The minimum atomic E-state index is -0.932. The van der Waals surface area contributed by atoms with Gasteiger partial charge < -0.3 is 15.1 Å². The van der Waals surface area contributed by atoms with E-state index in [1.165, 1.54) is 6.42 Å². The molecule has 0 aromatic heterocycles. The average Bonchev–Trinajstić information content (AvgIpc) is 3.03. The molecule has 1 aromatic carbocycles. The van der Waals surface area contributed by atoms with Gasteiger partial charge in [0, 0.05) is 13.0 Å². The van der Waals surface area contributed by atoms with E-state index in [1.807, 2.05) is 29.2 Å². The number of likely N-dealkylation sites (tertiary alicyclic amines) is 1. The Bertz CT molecular complexity index is 736. The number of unbranched alkanes of at least 4 members (excludes halogenated alkanes) is 1. The molecule has 1 aliphatic heterocycles. The maximum atomic E-state index is 12.4. The molecule has 0 bridgehead atoms. The second kappa shape index (κ2) is 9.57. The Labute approximate surface area is 173 Å². The summed E-state index contributed by atoms with van der Waals surface area (Å²) in [4.78, 5) is 25.2. The molecule has 5 heteroatoms. The highest BCUT2D eigenvalue weighted by molar-refractivity contribution is 5.87. The molecule has 0 radical (unpaired) electrons. The van der Waals surface area contributed by atoms with Crippen molar-refractivity contribution in [2.45, 2.75) is 76.9 Å². The van der Waals surface area contributed by atoms with Crippen molar-refractivity contribution in [1.82, 2.24) is 4.90 Å². The molecule has 3 rings (SSSR count). The van der Waals surface area contributed by atoms with Crippen LogP contribution in [0.2, 0.25) is 0 Å². The van der Waals surface area contributed by atoms with E-state index in [1.54, 1.807) is 12.1 Å². The number of aromatic carboxylic acids is 1. The molecule has 0 unspecified atom stereocenters. The molecule has 1 heterocycles. The lowest BCUT2D eigenvalue weighted by Crippen LogP contribution is -2.40. The standard InChI is InChI=1S/C24H33NO4/c1-2-3-14-24(15-4-16-24)21(26)11-9-20-10-12-22(27)25(20)17-13-18-5-7-19(8-6-18)23(28)29/h5-9,11,20-21,26H,2-4,10,12-17H2,1H3,(H,28,29)/b11-9+/t20-,21-/m0/s1. The highest BCUT2D eigenvalue weighted by atomic mass is 16.4. The Kier molecular flexibility index (Phi) is 7.12. The Balaban J connectivity index is 1.58. The molecule has 2 aliphatic rings. The van der Waals surface area contributed by atoms with Crippen molar-refractivity contribution >= 4 is 11.9 Å². The molecule has 1 aliphatic carbocycles. The Morgan fingerprint density at radius 2 is 2.03 bits per heavy atom. The van der Waals surface area contributed by atoms with Crippen molar-refractivity contribution in [2.24, 2.45) is 5.41 Å². The van der Waals surface area contributed by atoms with Crippen molar-refractivity contribution in [3.8, 4) is 0 Å². The molecule has 1 saturated carbocycles. The largest absolute Gasteiger partial charge is 0.478 e. The second-order valence-electron chi connectivity index (χ2n) is 8.59. The fourth-order valence-electron chi connectivity index (χ4n) is 4.60. The van der Waals surface area contributed by atoms with Gasteiger partial charge in [0.1, 0.15) is 0 Å². The molecule has 5 nitrogen and oxygen atoms in total. The zero-order valence-electron chi connectivity index (χ0n) is 17.3. The third-order valence-corrected chi connectivity index (χ3v) is 6.74. The number of aliphatic hydroxyl groups is 1. The number of aliphatic hydroxyl groups excluding tert-OH is 1. The van der Waals surface area contributed by atoms with E-state index in [0.717, 1.165) is 44.1 Å². The fraction of sp³-hybridized carbons (Fsp3) is 0.583. The summed E-state index contributed by atoms with van der Waals surface area (Å²) in [6.07, 6.45) is 12.3. The van der Waals surface area contributed by atoms with Crippen LogP contribution >= 0.6 is 0 Å². The van der Waals surface area contributed by atoms with Gasteiger partial charge in [-0.15, -0.1) is 0 Å². The SMILES string of the molecule is CCCCC1([C@@H](O)/C=C/[C@H]2CCC(=O)N2CCc2ccc(C(=O)O)cc2)CCC1. The van der Waals surface area contributed by atoms with Crippen LogP contribution in [0.4, 0.5) is 0 Å². The lowest BCUT2D eigenvalue weighted by Gasteiger charge is -2.45. The molecule has 2 fully saturated rings. The normalized spacial score (nSPS) is 22.1.